The maximum atomic E-state index is 6.10. The van der Waals surface area contributed by atoms with Crippen molar-refractivity contribution in [1.29, 1.82) is 0 Å². The average Bonchev–Trinajstić information content (AvgIpc) is 2.97. The third-order valence-corrected chi connectivity index (χ3v) is 4.17. The molecule has 1 atom stereocenters. The molecule has 1 aliphatic carbocycles. The normalized spacial score (nSPS) is 24.6. The van der Waals surface area contributed by atoms with Crippen molar-refractivity contribution in [2.75, 3.05) is 6.54 Å². The van der Waals surface area contributed by atoms with E-state index in [1.807, 2.05) is 0 Å². The Morgan fingerprint density at radius 2 is 2.06 bits per heavy atom. The van der Waals surface area contributed by atoms with E-state index < -0.39 is 0 Å². The molecule has 1 aliphatic heterocycles. The van der Waals surface area contributed by atoms with Crippen molar-refractivity contribution in [2.45, 2.75) is 44.7 Å². The van der Waals surface area contributed by atoms with Gasteiger partial charge in [0.15, 0.2) is 5.96 Å². The van der Waals surface area contributed by atoms with Gasteiger partial charge in [0.2, 0.25) is 0 Å². The number of rotatable bonds is 2. The summed E-state index contributed by atoms with van der Waals surface area (Å²) >= 11 is 0. The molecule has 1 heterocycles. The van der Waals surface area contributed by atoms with Crippen LogP contribution in [0.2, 0.25) is 0 Å². The molecule has 3 heteroatoms. The summed E-state index contributed by atoms with van der Waals surface area (Å²) in [6, 6.07) is 9.69. The van der Waals surface area contributed by atoms with E-state index in [-0.39, 0.29) is 0 Å². The van der Waals surface area contributed by atoms with Crippen LogP contribution in [-0.2, 0) is 0 Å². The lowest BCUT2D eigenvalue weighted by Gasteiger charge is -2.32. The van der Waals surface area contributed by atoms with Crippen LogP contribution in [0.25, 0.3) is 0 Å². The van der Waals surface area contributed by atoms with Crippen molar-refractivity contribution in [2.24, 2.45) is 10.7 Å². The van der Waals surface area contributed by atoms with Gasteiger partial charge in [-0.1, -0.05) is 42.7 Å². The fourth-order valence-electron chi connectivity index (χ4n) is 3.28. The minimum atomic E-state index is 0.355. The van der Waals surface area contributed by atoms with E-state index in [0.717, 1.165) is 12.5 Å². The first kappa shape index (κ1) is 11.6. The van der Waals surface area contributed by atoms with Crippen LogP contribution in [-0.4, -0.2) is 23.4 Å². The van der Waals surface area contributed by atoms with Crippen molar-refractivity contribution in [1.82, 2.24) is 4.90 Å². The van der Waals surface area contributed by atoms with Gasteiger partial charge >= 0.3 is 0 Å². The van der Waals surface area contributed by atoms with Gasteiger partial charge in [-0.05, 0) is 25.3 Å². The van der Waals surface area contributed by atoms with Gasteiger partial charge in [-0.25, -0.2) is 0 Å². The Balaban J connectivity index is 1.87. The maximum Gasteiger partial charge on any atom is 0.192 e. The lowest BCUT2D eigenvalue weighted by atomic mass is 10.0. The Bertz CT molecular complexity index is 461. The SMILES string of the molecule is Cc1cccc(C2CN=C(N)N2C2CCCC2)c1. The third kappa shape index (κ3) is 1.98. The van der Waals surface area contributed by atoms with Crippen LogP contribution in [0.1, 0.15) is 42.9 Å². The number of hydrogen-bond donors (Lipinski definition) is 1. The maximum absolute atomic E-state index is 6.10. The molecular weight excluding hydrogens is 222 g/mol. The highest BCUT2D eigenvalue weighted by Gasteiger charge is 2.34. The van der Waals surface area contributed by atoms with Crippen LogP contribution >= 0.6 is 0 Å². The van der Waals surface area contributed by atoms with Crippen LogP contribution in [0.3, 0.4) is 0 Å². The molecule has 2 aliphatic rings. The van der Waals surface area contributed by atoms with E-state index in [9.17, 15) is 0 Å². The van der Waals surface area contributed by atoms with Crippen molar-refractivity contribution >= 4 is 5.96 Å². The Morgan fingerprint density at radius 1 is 1.28 bits per heavy atom. The standard InChI is InChI=1S/C15H21N3/c1-11-5-4-6-12(9-11)14-10-17-15(16)18(14)13-7-2-3-8-13/h4-6,9,13-14H,2-3,7-8,10H2,1H3,(H2,16,17). The molecule has 1 aromatic carbocycles. The number of aryl methyl sites for hydroxylation is 1. The van der Waals surface area contributed by atoms with E-state index in [1.54, 1.807) is 0 Å². The third-order valence-electron chi connectivity index (χ3n) is 4.17. The molecule has 1 saturated carbocycles. The number of nitrogens with two attached hydrogens (primary N) is 1. The molecule has 2 N–H and O–H groups in total. The predicted octanol–water partition coefficient (Wildman–Crippen LogP) is 2.61. The second-order valence-corrected chi connectivity index (χ2v) is 5.47. The molecule has 1 aromatic rings. The molecule has 0 aromatic heterocycles. The lowest BCUT2D eigenvalue weighted by Crippen LogP contribution is -2.42. The van der Waals surface area contributed by atoms with Crippen LogP contribution in [0.4, 0.5) is 0 Å². The quantitative estimate of drug-likeness (QED) is 0.867. The Labute approximate surface area is 109 Å². The highest BCUT2D eigenvalue weighted by molar-refractivity contribution is 5.80. The summed E-state index contributed by atoms with van der Waals surface area (Å²) in [5.41, 5.74) is 8.76. The topological polar surface area (TPSA) is 41.6 Å². The van der Waals surface area contributed by atoms with Crippen LogP contribution in [0, 0.1) is 6.92 Å². The Morgan fingerprint density at radius 3 is 2.78 bits per heavy atom. The summed E-state index contributed by atoms with van der Waals surface area (Å²) < 4.78 is 0. The summed E-state index contributed by atoms with van der Waals surface area (Å²) in [5, 5.41) is 0. The van der Waals surface area contributed by atoms with E-state index in [4.69, 9.17) is 5.73 Å². The number of guanidine groups is 1. The molecule has 0 amide bonds. The van der Waals surface area contributed by atoms with Gasteiger partial charge in [-0.2, -0.15) is 0 Å². The zero-order valence-corrected chi connectivity index (χ0v) is 11.0. The van der Waals surface area contributed by atoms with Gasteiger partial charge in [-0.3, -0.25) is 4.99 Å². The molecule has 0 radical (unpaired) electrons. The molecule has 1 unspecified atom stereocenters. The summed E-state index contributed by atoms with van der Waals surface area (Å²) in [5.74, 6) is 0.744. The lowest BCUT2D eigenvalue weighted by molar-refractivity contribution is 0.262. The van der Waals surface area contributed by atoms with Gasteiger partial charge in [0.25, 0.3) is 0 Å². The van der Waals surface area contributed by atoms with Crippen molar-refractivity contribution in [3.05, 3.63) is 35.4 Å². The average molecular weight is 243 g/mol. The van der Waals surface area contributed by atoms with E-state index in [0.29, 0.717) is 12.1 Å². The van der Waals surface area contributed by atoms with Crippen LogP contribution in [0.15, 0.2) is 29.3 Å². The minimum absolute atomic E-state index is 0.355. The Kier molecular flexibility index (Phi) is 2.98. The number of aliphatic imine (C=N–C) groups is 1. The molecule has 96 valence electrons. The molecule has 3 rings (SSSR count). The van der Waals surface area contributed by atoms with Crippen LogP contribution in [0.5, 0.6) is 0 Å². The molecule has 0 bridgehead atoms. The first-order chi connectivity index (χ1) is 8.75. The molecule has 3 nitrogen and oxygen atoms in total. The molecule has 0 saturated heterocycles. The van der Waals surface area contributed by atoms with Gasteiger partial charge in [0.05, 0.1) is 12.6 Å². The highest BCUT2D eigenvalue weighted by atomic mass is 15.3. The second-order valence-electron chi connectivity index (χ2n) is 5.47. The predicted molar refractivity (Wildman–Crippen MR) is 74.5 cm³/mol. The molecule has 1 fully saturated rings. The van der Waals surface area contributed by atoms with Gasteiger partial charge in [0, 0.05) is 6.04 Å². The fourth-order valence-corrected chi connectivity index (χ4v) is 3.28. The van der Waals surface area contributed by atoms with Crippen molar-refractivity contribution in [3.8, 4) is 0 Å². The van der Waals surface area contributed by atoms with Gasteiger partial charge < -0.3 is 10.6 Å². The summed E-state index contributed by atoms with van der Waals surface area (Å²) in [4.78, 5) is 6.83. The Hall–Kier alpha value is -1.51. The monoisotopic (exact) mass is 243 g/mol. The van der Waals surface area contributed by atoms with Crippen molar-refractivity contribution in [3.63, 3.8) is 0 Å². The number of nitrogens with zero attached hydrogens (tertiary/aromatic N) is 2. The van der Waals surface area contributed by atoms with E-state index in [2.05, 4.69) is 41.1 Å². The van der Waals surface area contributed by atoms with Crippen molar-refractivity contribution < 1.29 is 0 Å². The number of benzene rings is 1. The smallest absolute Gasteiger partial charge is 0.192 e. The molecule has 0 spiro atoms. The number of hydrogen-bond acceptors (Lipinski definition) is 3. The highest BCUT2D eigenvalue weighted by Crippen LogP contribution is 2.34. The van der Waals surface area contributed by atoms with Gasteiger partial charge in [-0.15, -0.1) is 0 Å². The zero-order valence-electron chi connectivity index (χ0n) is 11.0. The molecular formula is C15H21N3. The van der Waals surface area contributed by atoms with E-state index >= 15 is 0 Å². The summed E-state index contributed by atoms with van der Waals surface area (Å²) in [6.45, 7) is 2.95. The summed E-state index contributed by atoms with van der Waals surface area (Å²) in [6.07, 6.45) is 5.18. The minimum Gasteiger partial charge on any atom is -0.370 e. The zero-order chi connectivity index (χ0) is 12.5. The largest absolute Gasteiger partial charge is 0.370 e. The fraction of sp³-hybridized carbons (Fsp3) is 0.533. The van der Waals surface area contributed by atoms with Crippen LogP contribution < -0.4 is 5.73 Å². The first-order valence-corrected chi connectivity index (χ1v) is 6.90. The first-order valence-electron chi connectivity index (χ1n) is 6.90. The van der Waals surface area contributed by atoms with E-state index in [1.165, 1.54) is 36.8 Å². The second kappa shape index (κ2) is 4.63. The van der Waals surface area contributed by atoms with Gasteiger partial charge in [0.1, 0.15) is 0 Å². The summed E-state index contributed by atoms with van der Waals surface area (Å²) in [7, 11) is 0. The molecule has 18 heavy (non-hydrogen) atoms.